The van der Waals surface area contributed by atoms with Gasteiger partial charge in [-0.2, -0.15) is 0 Å². The van der Waals surface area contributed by atoms with E-state index >= 15 is 0 Å². The summed E-state index contributed by atoms with van der Waals surface area (Å²) in [5.41, 5.74) is 14.8. The lowest BCUT2D eigenvalue weighted by atomic mass is 9.82. The Labute approximate surface area is 216 Å². The Hall–Kier alpha value is -4.30. The molecule has 37 heavy (non-hydrogen) atoms. The summed E-state index contributed by atoms with van der Waals surface area (Å²) in [6, 6.07) is 28.7. The molecule has 4 aromatic carbocycles. The summed E-state index contributed by atoms with van der Waals surface area (Å²) < 4.78 is 6.37. The zero-order chi connectivity index (χ0) is 24.7. The zero-order valence-corrected chi connectivity index (χ0v) is 21.1. The van der Waals surface area contributed by atoms with Gasteiger partial charge in [0.25, 0.3) is 0 Å². The van der Waals surface area contributed by atoms with Gasteiger partial charge in [-0.3, -0.25) is 0 Å². The van der Waals surface area contributed by atoms with E-state index in [9.17, 15) is 0 Å². The molecule has 0 amide bonds. The van der Waals surface area contributed by atoms with E-state index in [1.165, 1.54) is 55.1 Å². The molecule has 0 saturated heterocycles. The van der Waals surface area contributed by atoms with Gasteiger partial charge >= 0.3 is 0 Å². The lowest BCUT2D eigenvalue weighted by molar-refractivity contribution is 0.568. The maximum Gasteiger partial charge on any atom is 0.138 e. The maximum atomic E-state index is 6.37. The molecule has 0 fully saturated rings. The molecule has 0 spiro atoms. The minimum Gasteiger partial charge on any atom is -0.456 e. The first-order valence-electron chi connectivity index (χ1n) is 13.2. The number of rotatable bonds is 1. The highest BCUT2D eigenvalue weighted by Crippen LogP contribution is 2.50. The van der Waals surface area contributed by atoms with E-state index in [2.05, 4.69) is 110 Å². The number of hydrogen-bond acceptors (Lipinski definition) is 2. The van der Waals surface area contributed by atoms with Crippen LogP contribution in [0.15, 0.2) is 83.3 Å². The molecule has 2 nitrogen and oxygen atoms in total. The summed E-state index contributed by atoms with van der Waals surface area (Å²) in [6.45, 7) is 4.67. The number of para-hydroxylation sites is 1. The number of hydrogen-bond donors (Lipinski definition) is 1. The summed E-state index contributed by atoms with van der Waals surface area (Å²) in [5, 5.41) is 6.21. The molecule has 0 unspecified atom stereocenters. The number of furan rings is 1. The molecule has 2 heteroatoms. The van der Waals surface area contributed by atoms with Crippen molar-refractivity contribution in [2.75, 3.05) is 5.32 Å². The van der Waals surface area contributed by atoms with Crippen LogP contribution in [0.4, 0.5) is 11.4 Å². The molecule has 5 aromatic rings. The van der Waals surface area contributed by atoms with Gasteiger partial charge < -0.3 is 9.73 Å². The summed E-state index contributed by atoms with van der Waals surface area (Å²) in [4.78, 5) is 0. The van der Waals surface area contributed by atoms with Crippen LogP contribution in [0.3, 0.4) is 0 Å². The van der Waals surface area contributed by atoms with Gasteiger partial charge in [0.15, 0.2) is 0 Å². The van der Waals surface area contributed by atoms with Crippen LogP contribution in [0.25, 0.3) is 45.9 Å². The van der Waals surface area contributed by atoms with Crippen molar-refractivity contribution in [2.24, 2.45) is 0 Å². The molecule has 178 valence electrons. The predicted molar refractivity (Wildman–Crippen MR) is 154 cm³/mol. The van der Waals surface area contributed by atoms with E-state index in [1.807, 2.05) is 6.07 Å². The van der Waals surface area contributed by atoms with Crippen LogP contribution in [0.5, 0.6) is 0 Å². The lowest BCUT2D eigenvalue weighted by Gasteiger charge is -2.22. The van der Waals surface area contributed by atoms with Crippen molar-refractivity contribution in [3.63, 3.8) is 0 Å². The minimum absolute atomic E-state index is 0.0000514. The minimum atomic E-state index is 0.0000514. The quantitative estimate of drug-likeness (QED) is 0.262. The van der Waals surface area contributed by atoms with Crippen molar-refractivity contribution in [1.29, 1.82) is 0 Å². The molecule has 0 radical (unpaired) electrons. The fourth-order valence-corrected chi connectivity index (χ4v) is 6.58. The number of anilines is 2. The molecular weight excluding hydrogens is 450 g/mol. The van der Waals surface area contributed by atoms with Crippen LogP contribution in [0.2, 0.25) is 0 Å². The second-order valence-electron chi connectivity index (χ2n) is 11.0. The highest BCUT2D eigenvalue weighted by molar-refractivity contribution is 5.93. The molecule has 2 heterocycles. The highest BCUT2D eigenvalue weighted by atomic mass is 16.3. The van der Waals surface area contributed by atoms with Crippen molar-refractivity contribution in [3.8, 4) is 11.1 Å². The van der Waals surface area contributed by atoms with Gasteiger partial charge in [0, 0.05) is 33.0 Å². The van der Waals surface area contributed by atoms with Gasteiger partial charge in [0.2, 0.25) is 0 Å². The van der Waals surface area contributed by atoms with Gasteiger partial charge in [-0.25, -0.2) is 0 Å². The van der Waals surface area contributed by atoms with Gasteiger partial charge in [-0.1, -0.05) is 80.6 Å². The average molecular weight is 478 g/mol. The fraction of sp³-hybridized carbons (Fsp3) is 0.143. The topological polar surface area (TPSA) is 25.2 Å². The van der Waals surface area contributed by atoms with E-state index in [-0.39, 0.29) is 5.41 Å². The van der Waals surface area contributed by atoms with Crippen LogP contribution in [-0.2, 0) is 5.41 Å². The molecule has 2 aliphatic carbocycles. The molecule has 8 rings (SSSR count). The molecule has 1 N–H and O–H groups in total. The monoisotopic (exact) mass is 477 g/mol. The first kappa shape index (κ1) is 20.8. The Balaban J connectivity index is 1.25. The zero-order valence-electron chi connectivity index (χ0n) is 21.1. The van der Waals surface area contributed by atoms with Crippen LogP contribution in [0.1, 0.15) is 54.5 Å². The third kappa shape index (κ3) is 2.93. The van der Waals surface area contributed by atoms with E-state index in [0.29, 0.717) is 0 Å². The van der Waals surface area contributed by atoms with Crippen molar-refractivity contribution >= 4 is 46.1 Å². The summed E-state index contributed by atoms with van der Waals surface area (Å²) >= 11 is 0. The average Bonchev–Trinajstić information content (AvgIpc) is 3.33. The van der Waals surface area contributed by atoms with Crippen molar-refractivity contribution in [3.05, 3.63) is 117 Å². The number of nitrogens with one attached hydrogen (secondary N) is 1. The summed E-state index contributed by atoms with van der Waals surface area (Å²) in [6.07, 6.45) is 8.87. The van der Waals surface area contributed by atoms with E-state index < -0.39 is 0 Å². The molecule has 0 saturated carbocycles. The van der Waals surface area contributed by atoms with Crippen LogP contribution in [0, 0.1) is 0 Å². The van der Waals surface area contributed by atoms with Crippen molar-refractivity contribution in [2.45, 2.75) is 32.1 Å². The van der Waals surface area contributed by atoms with E-state index in [1.54, 1.807) is 0 Å². The Morgan fingerprint density at radius 1 is 0.757 bits per heavy atom. The van der Waals surface area contributed by atoms with Gasteiger partial charge in [-0.05, 0) is 82.1 Å². The number of fused-ring (bicyclic) bond motifs is 8. The predicted octanol–water partition coefficient (Wildman–Crippen LogP) is 7.74. The third-order valence-electron chi connectivity index (χ3n) is 8.52. The molecule has 3 aliphatic rings. The Morgan fingerprint density at radius 2 is 1.57 bits per heavy atom. The fourth-order valence-electron chi connectivity index (χ4n) is 6.58. The second kappa shape index (κ2) is 7.36. The molecule has 0 bridgehead atoms. The summed E-state index contributed by atoms with van der Waals surface area (Å²) in [7, 11) is 0. The SMILES string of the molecule is CC1(C)c2ccccc2-c2cc3c(cc21)C=Cc1cc(C2=c4oc5ccccc5c4=CCC2)ccc1N3. The van der Waals surface area contributed by atoms with E-state index in [0.717, 1.165) is 35.2 Å². The molecule has 1 aliphatic heterocycles. The van der Waals surface area contributed by atoms with Crippen molar-refractivity contribution < 1.29 is 4.42 Å². The largest absolute Gasteiger partial charge is 0.456 e. The standard InChI is InChI=1S/C35H27NO/c1-35(2)29-12-5-3-8-25(29)28-20-32-23(19-30(28)35)15-14-22-18-21(16-17-31(22)36-32)24-10-7-11-27-26-9-4-6-13-33(26)37-34(24)27/h3-6,8-9,11-20,36H,7,10H2,1-2H3. The third-order valence-corrected chi connectivity index (χ3v) is 8.52. The molecular formula is C35H27NO. The van der Waals surface area contributed by atoms with Gasteiger partial charge in [-0.15, -0.1) is 0 Å². The first-order valence-corrected chi connectivity index (χ1v) is 13.2. The summed E-state index contributed by atoms with van der Waals surface area (Å²) in [5.74, 6) is 0. The van der Waals surface area contributed by atoms with E-state index in [4.69, 9.17) is 4.42 Å². The van der Waals surface area contributed by atoms with Gasteiger partial charge in [0.1, 0.15) is 11.0 Å². The first-order chi connectivity index (χ1) is 18.1. The van der Waals surface area contributed by atoms with Crippen molar-refractivity contribution in [1.82, 2.24) is 0 Å². The Morgan fingerprint density at radius 3 is 2.49 bits per heavy atom. The molecule has 1 aromatic heterocycles. The van der Waals surface area contributed by atoms with Crippen LogP contribution < -0.4 is 16.0 Å². The van der Waals surface area contributed by atoms with Gasteiger partial charge in [0.05, 0.1) is 0 Å². The maximum absolute atomic E-state index is 6.37. The highest BCUT2D eigenvalue weighted by Gasteiger charge is 2.36. The van der Waals surface area contributed by atoms with Crippen LogP contribution >= 0.6 is 0 Å². The smallest absolute Gasteiger partial charge is 0.138 e. The Bertz CT molecular complexity index is 1930. The lowest BCUT2D eigenvalue weighted by Crippen LogP contribution is -2.26. The van der Waals surface area contributed by atoms with Crippen LogP contribution in [-0.4, -0.2) is 0 Å². The Kier molecular flexibility index (Phi) is 4.15. The number of benzene rings is 4. The second-order valence-corrected chi connectivity index (χ2v) is 11.0. The normalized spacial score (nSPS) is 16.1. The molecule has 0 atom stereocenters.